The lowest BCUT2D eigenvalue weighted by molar-refractivity contribution is -0.143. The Balaban J connectivity index is 1.56. The van der Waals surface area contributed by atoms with E-state index in [4.69, 9.17) is 11.6 Å². The van der Waals surface area contributed by atoms with Crippen molar-refractivity contribution < 1.29 is 9.90 Å². The zero-order chi connectivity index (χ0) is 19.8. The average Bonchev–Trinajstić information content (AvgIpc) is 3.05. The molecule has 1 atom stereocenters. The van der Waals surface area contributed by atoms with Gasteiger partial charge >= 0.3 is 5.97 Å². The number of rotatable bonds is 4. The maximum atomic E-state index is 12.2. The largest absolute Gasteiger partial charge is 0.480 e. The van der Waals surface area contributed by atoms with Crippen LogP contribution >= 0.6 is 11.6 Å². The van der Waals surface area contributed by atoms with Crippen LogP contribution in [-0.4, -0.2) is 47.1 Å². The molecule has 1 aliphatic heterocycles. The number of aromatic amines is 1. The number of fused-ring (bicyclic) bond motifs is 1. The maximum absolute atomic E-state index is 12.2. The molecule has 0 saturated carbocycles. The van der Waals surface area contributed by atoms with Crippen molar-refractivity contribution in [2.24, 2.45) is 0 Å². The van der Waals surface area contributed by atoms with Gasteiger partial charge in [-0.1, -0.05) is 35.4 Å². The van der Waals surface area contributed by atoms with Crippen molar-refractivity contribution in [1.82, 2.24) is 9.88 Å². The fraction of sp³-hybridized carbons (Fsp3) is 0.318. The van der Waals surface area contributed by atoms with Crippen LogP contribution in [0.25, 0.3) is 10.9 Å². The highest BCUT2D eigenvalue weighted by molar-refractivity contribution is 6.31. The lowest BCUT2D eigenvalue weighted by Crippen LogP contribution is -2.49. The van der Waals surface area contributed by atoms with Gasteiger partial charge in [-0.2, -0.15) is 0 Å². The van der Waals surface area contributed by atoms with Crippen molar-refractivity contribution in [3.63, 3.8) is 0 Å². The molecule has 0 unspecified atom stereocenters. The predicted octanol–water partition coefficient (Wildman–Crippen LogP) is 4.39. The summed E-state index contributed by atoms with van der Waals surface area (Å²) >= 11 is 6.06. The molecule has 0 spiro atoms. The Hall–Kier alpha value is -2.50. The number of anilines is 1. The third-order valence-corrected chi connectivity index (χ3v) is 5.81. The third kappa shape index (κ3) is 3.48. The number of nitrogens with zero attached hydrogens (tertiary/aromatic N) is 2. The molecule has 2 heterocycles. The van der Waals surface area contributed by atoms with Crippen LogP contribution in [0.15, 0.2) is 42.6 Å². The summed E-state index contributed by atoms with van der Waals surface area (Å²) in [6.45, 7) is 7.24. The number of halogens is 1. The predicted molar refractivity (Wildman–Crippen MR) is 113 cm³/mol. The van der Waals surface area contributed by atoms with Crippen LogP contribution < -0.4 is 4.90 Å². The van der Waals surface area contributed by atoms with E-state index in [2.05, 4.69) is 46.8 Å². The molecule has 1 saturated heterocycles. The number of hydrogen-bond donors (Lipinski definition) is 2. The molecule has 0 bridgehead atoms. The molecule has 2 aromatic carbocycles. The van der Waals surface area contributed by atoms with Gasteiger partial charge in [0.1, 0.15) is 6.04 Å². The Morgan fingerprint density at radius 1 is 1.11 bits per heavy atom. The Morgan fingerprint density at radius 2 is 1.86 bits per heavy atom. The monoisotopic (exact) mass is 397 g/mol. The lowest BCUT2D eigenvalue weighted by Gasteiger charge is -2.39. The number of carboxylic acids is 1. The minimum Gasteiger partial charge on any atom is -0.480 e. The van der Waals surface area contributed by atoms with Gasteiger partial charge in [0.25, 0.3) is 0 Å². The molecule has 5 nitrogen and oxygen atoms in total. The summed E-state index contributed by atoms with van der Waals surface area (Å²) in [6, 6.07) is 11.3. The number of aromatic nitrogens is 1. The minimum absolute atomic E-state index is 0.634. The highest BCUT2D eigenvalue weighted by atomic mass is 35.5. The van der Waals surface area contributed by atoms with E-state index in [9.17, 15) is 9.90 Å². The van der Waals surface area contributed by atoms with Crippen LogP contribution in [0.3, 0.4) is 0 Å². The standard InChI is InChI=1S/C22H24ClN3O2/c1-14-3-6-20(15(2)11-14)25-7-9-26(10-8-25)21(22(27)28)18-13-24-19-12-16(23)4-5-17(18)19/h3-6,11-13,21,24H,7-10H2,1-2H3,(H,27,28)/t21-/m1/s1. The molecule has 28 heavy (non-hydrogen) atoms. The summed E-state index contributed by atoms with van der Waals surface area (Å²) in [5.74, 6) is -0.823. The second-order valence-electron chi connectivity index (χ2n) is 7.49. The smallest absolute Gasteiger partial charge is 0.325 e. The van der Waals surface area contributed by atoms with Crippen molar-refractivity contribution in [2.75, 3.05) is 31.1 Å². The highest BCUT2D eigenvalue weighted by Crippen LogP contribution is 2.32. The Kier molecular flexibility index (Phi) is 5.04. The molecular weight excluding hydrogens is 374 g/mol. The first-order valence-corrected chi connectivity index (χ1v) is 9.87. The molecule has 146 valence electrons. The molecule has 0 aliphatic carbocycles. The zero-order valence-corrected chi connectivity index (χ0v) is 16.8. The SMILES string of the molecule is Cc1ccc(N2CCN([C@@H](C(=O)O)c3c[nH]c4cc(Cl)ccc34)CC2)c(C)c1. The number of benzene rings is 2. The molecule has 0 amide bonds. The van der Waals surface area contributed by atoms with E-state index in [1.165, 1.54) is 16.8 Å². The van der Waals surface area contributed by atoms with Crippen LogP contribution in [0, 0.1) is 13.8 Å². The van der Waals surface area contributed by atoms with Crippen LogP contribution in [0.5, 0.6) is 0 Å². The van der Waals surface area contributed by atoms with Crippen LogP contribution in [0.1, 0.15) is 22.7 Å². The molecule has 1 aliphatic rings. The van der Waals surface area contributed by atoms with Gasteiger partial charge in [-0.05, 0) is 37.6 Å². The van der Waals surface area contributed by atoms with Crippen molar-refractivity contribution in [3.05, 3.63) is 64.3 Å². The first-order chi connectivity index (χ1) is 13.4. The van der Waals surface area contributed by atoms with Gasteiger partial charge in [-0.15, -0.1) is 0 Å². The van der Waals surface area contributed by atoms with Crippen LogP contribution in [-0.2, 0) is 4.79 Å². The number of carbonyl (C=O) groups is 1. The number of piperazine rings is 1. The van der Waals surface area contributed by atoms with E-state index in [-0.39, 0.29) is 0 Å². The van der Waals surface area contributed by atoms with Crippen molar-refractivity contribution >= 4 is 34.2 Å². The van der Waals surface area contributed by atoms with Gasteiger partial charge in [-0.25, -0.2) is 0 Å². The number of H-pyrrole nitrogens is 1. The first kappa shape index (κ1) is 18.8. The Labute approximate surface area is 169 Å². The summed E-state index contributed by atoms with van der Waals surface area (Å²) in [7, 11) is 0. The molecule has 2 N–H and O–H groups in total. The molecule has 0 radical (unpaired) electrons. The van der Waals surface area contributed by atoms with Crippen molar-refractivity contribution in [1.29, 1.82) is 0 Å². The fourth-order valence-corrected chi connectivity index (χ4v) is 4.39. The lowest BCUT2D eigenvalue weighted by atomic mass is 10.0. The second-order valence-corrected chi connectivity index (χ2v) is 7.92. The van der Waals surface area contributed by atoms with Gasteiger partial charge in [0.05, 0.1) is 0 Å². The van der Waals surface area contributed by atoms with E-state index in [0.717, 1.165) is 29.6 Å². The van der Waals surface area contributed by atoms with Gasteiger partial charge in [0.2, 0.25) is 0 Å². The van der Waals surface area contributed by atoms with Gasteiger partial charge in [0, 0.05) is 59.6 Å². The normalized spacial score (nSPS) is 16.5. The summed E-state index contributed by atoms with van der Waals surface area (Å²) in [5.41, 5.74) is 5.41. The number of hydrogen-bond acceptors (Lipinski definition) is 3. The number of nitrogens with one attached hydrogen (secondary N) is 1. The summed E-state index contributed by atoms with van der Waals surface area (Å²) in [5, 5.41) is 11.5. The van der Waals surface area contributed by atoms with E-state index in [0.29, 0.717) is 18.1 Å². The highest BCUT2D eigenvalue weighted by Gasteiger charge is 2.32. The molecule has 4 rings (SSSR count). The van der Waals surface area contributed by atoms with E-state index in [1.807, 2.05) is 12.1 Å². The summed E-state index contributed by atoms with van der Waals surface area (Å²) < 4.78 is 0. The van der Waals surface area contributed by atoms with Gasteiger partial charge in [0.15, 0.2) is 0 Å². The van der Waals surface area contributed by atoms with E-state index < -0.39 is 12.0 Å². The molecule has 3 aromatic rings. The van der Waals surface area contributed by atoms with Crippen LogP contribution in [0.4, 0.5) is 5.69 Å². The van der Waals surface area contributed by atoms with Crippen LogP contribution in [0.2, 0.25) is 5.02 Å². The Bertz CT molecular complexity index is 1020. The van der Waals surface area contributed by atoms with E-state index in [1.54, 1.807) is 12.3 Å². The number of aliphatic carboxylic acids is 1. The van der Waals surface area contributed by atoms with Crippen molar-refractivity contribution in [2.45, 2.75) is 19.9 Å². The van der Waals surface area contributed by atoms with Gasteiger partial charge < -0.3 is 15.0 Å². The van der Waals surface area contributed by atoms with Crippen molar-refractivity contribution in [3.8, 4) is 0 Å². The maximum Gasteiger partial charge on any atom is 0.325 e. The first-order valence-electron chi connectivity index (χ1n) is 9.49. The minimum atomic E-state index is -0.823. The zero-order valence-electron chi connectivity index (χ0n) is 16.1. The number of carboxylic acid groups (broad SMARTS) is 1. The average molecular weight is 398 g/mol. The molecule has 1 aromatic heterocycles. The molecular formula is C22H24ClN3O2. The topological polar surface area (TPSA) is 59.6 Å². The third-order valence-electron chi connectivity index (χ3n) is 5.58. The van der Waals surface area contributed by atoms with E-state index >= 15 is 0 Å². The quantitative estimate of drug-likeness (QED) is 0.685. The summed E-state index contributed by atoms with van der Waals surface area (Å²) in [6.07, 6.45) is 1.80. The molecule has 6 heteroatoms. The molecule has 1 fully saturated rings. The number of aryl methyl sites for hydroxylation is 2. The summed E-state index contributed by atoms with van der Waals surface area (Å²) in [4.78, 5) is 19.7. The van der Waals surface area contributed by atoms with Gasteiger partial charge in [-0.3, -0.25) is 9.69 Å². The second kappa shape index (κ2) is 7.49. The Morgan fingerprint density at radius 3 is 2.54 bits per heavy atom. The fourth-order valence-electron chi connectivity index (χ4n) is 4.21.